The molecule has 1 aliphatic carbocycles. The van der Waals surface area contributed by atoms with E-state index in [0.29, 0.717) is 11.5 Å². The minimum atomic E-state index is 0.463. The third-order valence-corrected chi connectivity index (χ3v) is 5.90. The van der Waals surface area contributed by atoms with Crippen LogP contribution in [-0.2, 0) is 6.42 Å². The molecule has 1 fully saturated rings. The number of hydrogen-bond acceptors (Lipinski definition) is 1. The van der Waals surface area contributed by atoms with E-state index in [0.717, 1.165) is 18.9 Å². The number of rotatable bonds is 6. The molecule has 0 spiro atoms. The molecule has 118 valence electrons. The van der Waals surface area contributed by atoms with Crippen molar-refractivity contribution >= 4 is 15.9 Å². The minimum absolute atomic E-state index is 0.463. The van der Waals surface area contributed by atoms with Crippen LogP contribution in [0.15, 0.2) is 28.7 Å². The summed E-state index contributed by atoms with van der Waals surface area (Å²) in [7, 11) is 0. The Hall–Kier alpha value is -0.340. The smallest absolute Gasteiger partial charge is 0.0207 e. The molecule has 0 saturated heterocycles. The molecule has 21 heavy (non-hydrogen) atoms. The van der Waals surface area contributed by atoms with Crippen LogP contribution in [0.2, 0.25) is 0 Å². The van der Waals surface area contributed by atoms with E-state index in [-0.39, 0.29) is 0 Å². The Labute approximate surface area is 139 Å². The second-order valence-electron chi connectivity index (χ2n) is 7.20. The molecule has 1 aliphatic rings. The number of nitrogens with one attached hydrogen (secondary N) is 1. The molecule has 0 bridgehead atoms. The van der Waals surface area contributed by atoms with Crippen LogP contribution in [-0.4, -0.2) is 12.6 Å². The van der Waals surface area contributed by atoms with Crippen LogP contribution in [0, 0.1) is 11.3 Å². The third kappa shape index (κ3) is 4.56. The summed E-state index contributed by atoms with van der Waals surface area (Å²) >= 11 is 3.72. The summed E-state index contributed by atoms with van der Waals surface area (Å²) in [6.07, 6.45) is 7.89. The first kappa shape index (κ1) is 17.0. The zero-order valence-electron chi connectivity index (χ0n) is 13.8. The molecule has 0 heterocycles. The zero-order valence-corrected chi connectivity index (χ0v) is 15.4. The Morgan fingerprint density at radius 1 is 1.29 bits per heavy atom. The molecule has 2 heteroatoms. The number of halogens is 1. The lowest BCUT2D eigenvalue weighted by Gasteiger charge is -2.44. The normalized spacial score (nSPS) is 23.0. The molecule has 1 aromatic rings. The van der Waals surface area contributed by atoms with Gasteiger partial charge in [-0.25, -0.2) is 0 Å². The van der Waals surface area contributed by atoms with Gasteiger partial charge in [0.2, 0.25) is 0 Å². The Morgan fingerprint density at radius 3 is 2.71 bits per heavy atom. The van der Waals surface area contributed by atoms with Gasteiger partial charge in [0.05, 0.1) is 0 Å². The van der Waals surface area contributed by atoms with Crippen molar-refractivity contribution in [3.8, 4) is 0 Å². The summed E-state index contributed by atoms with van der Waals surface area (Å²) in [5, 5.41) is 3.85. The summed E-state index contributed by atoms with van der Waals surface area (Å²) in [6, 6.07) is 9.29. The quantitative estimate of drug-likeness (QED) is 0.705. The predicted molar refractivity (Wildman–Crippen MR) is 95.7 cm³/mol. The monoisotopic (exact) mass is 351 g/mol. The molecule has 1 saturated carbocycles. The summed E-state index contributed by atoms with van der Waals surface area (Å²) in [5.41, 5.74) is 1.90. The Bertz CT molecular complexity index is 441. The maximum atomic E-state index is 3.85. The fraction of sp³-hybridized carbons (Fsp3) is 0.684. The van der Waals surface area contributed by atoms with Gasteiger partial charge in [0, 0.05) is 10.5 Å². The van der Waals surface area contributed by atoms with Crippen molar-refractivity contribution in [1.82, 2.24) is 5.32 Å². The average Bonchev–Trinajstić information content (AvgIpc) is 2.45. The molecule has 0 aromatic heterocycles. The van der Waals surface area contributed by atoms with Gasteiger partial charge in [-0.1, -0.05) is 67.7 Å². The predicted octanol–water partition coefficient (Wildman–Crippen LogP) is 5.58. The van der Waals surface area contributed by atoms with E-state index in [9.17, 15) is 0 Å². The number of benzene rings is 1. The van der Waals surface area contributed by atoms with Crippen molar-refractivity contribution in [2.75, 3.05) is 6.54 Å². The molecule has 1 aromatic carbocycles. The van der Waals surface area contributed by atoms with E-state index < -0.39 is 0 Å². The molecule has 2 unspecified atom stereocenters. The van der Waals surface area contributed by atoms with Crippen LogP contribution in [0.4, 0.5) is 0 Å². The van der Waals surface area contributed by atoms with Gasteiger partial charge in [-0.05, 0) is 55.2 Å². The molecule has 0 aliphatic heterocycles. The molecular weight excluding hydrogens is 322 g/mol. The maximum absolute atomic E-state index is 3.85. The van der Waals surface area contributed by atoms with E-state index in [1.807, 2.05) is 0 Å². The van der Waals surface area contributed by atoms with Crippen molar-refractivity contribution in [3.05, 3.63) is 34.3 Å². The fourth-order valence-corrected chi connectivity index (χ4v) is 4.30. The zero-order chi connectivity index (χ0) is 15.3. The Balaban J connectivity index is 2.15. The van der Waals surface area contributed by atoms with Crippen molar-refractivity contribution in [2.45, 2.75) is 65.3 Å². The van der Waals surface area contributed by atoms with Crippen molar-refractivity contribution in [3.63, 3.8) is 0 Å². The molecular formula is C19H30BrN. The minimum Gasteiger partial charge on any atom is -0.313 e. The van der Waals surface area contributed by atoms with Crippen molar-refractivity contribution < 1.29 is 0 Å². The topological polar surface area (TPSA) is 12.0 Å². The van der Waals surface area contributed by atoms with Crippen molar-refractivity contribution in [2.24, 2.45) is 11.3 Å². The van der Waals surface area contributed by atoms with Gasteiger partial charge >= 0.3 is 0 Å². The highest BCUT2D eigenvalue weighted by Gasteiger charge is 2.37. The molecule has 1 N–H and O–H groups in total. The molecule has 0 radical (unpaired) electrons. The van der Waals surface area contributed by atoms with Gasteiger partial charge in [0.1, 0.15) is 0 Å². The van der Waals surface area contributed by atoms with E-state index in [1.54, 1.807) is 0 Å². The SMILES string of the molecule is CCCNC(Cc1ccccc1Br)C1CCCCC1(C)C. The van der Waals surface area contributed by atoms with E-state index in [2.05, 4.69) is 66.3 Å². The first-order valence-corrected chi connectivity index (χ1v) is 9.30. The van der Waals surface area contributed by atoms with Crippen LogP contribution in [0.25, 0.3) is 0 Å². The average molecular weight is 352 g/mol. The first-order valence-electron chi connectivity index (χ1n) is 8.51. The summed E-state index contributed by atoms with van der Waals surface area (Å²) < 4.78 is 1.25. The second kappa shape index (κ2) is 7.78. The molecule has 2 atom stereocenters. The first-order chi connectivity index (χ1) is 10.0. The van der Waals surface area contributed by atoms with Crippen LogP contribution in [0.5, 0.6) is 0 Å². The van der Waals surface area contributed by atoms with E-state index >= 15 is 0 Å². The van der Waals surface area contributed by atoms with Gasteiger partial charge in [-0.2, -0.15) is 0 Å². The van der Waals surface area contributed by atoms with Gasteiger partial charge in [0.15, 0.2) is 0 Å². The van der Waals surface area contributed by atoms with E-state index in [4.69, 9.17) is 0 Å². The van der Waals surface area contributed by atoms with Gasteiger partial charge < -0.3 is 5.32 Å². The Kier molecular flexibility index (Phi) is 6.31. The molecule has 2 rings (SSSR count). The van der Waals surface area contributed by atoms with Gasteiger partial charge in [0.25, 0.3) is 0 Å². The lowest BCUT2D eigenvalue weighted by Crippen LogP contribution is -2.46. The van der Waals surface area contributed by atoms with Crippen LogP contribution in [0.1, 0.15) is 58.4 Å². The highest BCUT2D eigenvalue weighted by Crippen LogP contribution is 2.43. The summed E-state index contributed by atoms with van der Waals surface area (Å²) in [5.74, 6) is 0.782. The van der Waals surface area contributed by atoms with Crippen LogP contribution >= 0.6 is 15.9 Å². The Morgan fingerprint density at radius 2 is 2.05 bits per heavy atom. The summed E-state index contributed by atoms with van der Waals surface area (Å²) in [6.45, 7) is 8.32. The van der Waals surface area contributed by atoms with Gasteiger partial charge in [-0.15, -0.1) is 0 Å². The second-order valence-corrected chi connectivity index (χ2v) is 8.05. The highest BCUT2D eigenvalue weighted by atomic mass is 79.9. The fourth-order valence-electron chi connectivity index (χ4n) is 3.85. The van der Waals surface area contributed by atoms with Crippen LogP contribution in [0.3, 0.4) is 0 Å². The lowest BCUT2D eigenvalue weighted by atomic mass is 9.65. The summed E-state index contributed by atoms with van der Waals surface area (Å²) in [4.78, 5) is 0. The maximum Gasteiger partial charge on any atom is 0.0207 e. The van der Waals surface area contributed by atoms with E-state index in [1.165, 1.54) is 42.1 Å². The highest BCUT2D eigenvalue weighted by molar-refractivity contribution is 9.10. The number of hydrogen-bond donors (Lipinski definition) is 1. The molecule has 1 nitrogen and oxygen atoms in total. The van der Waals surface area contributed by atoms with Gasteiger partial charge in [-0.3, -0.25) is 0 Å². The standard InChI is InChI=1S/C19H30BrN/c1-4-13-21-18(14-15-9-5-6-11-17(15)20)16-10-7-8-12-19(16,2)3/h5-6,9,11,16,18,21H,4,7-8,10,12-14H2,1-3H3. The largest absolute Gasteiger partial charge is 0.313 e. The lowest BCUT2D eigenvalue weighted by molar-refractivity contribution is 0.0980. The molecule has 0 amide bonds. The van der Waals surface area contributed by atoms with Crippen molar-refractivity contribution in [1.29, 1.82) is 0 Å². The third-order valence-electron chi connectivity index (χ3n) is 5.13. The van der Waals surface area contributed by atoms with Crippen LogP contribution < -0.4 is 5.32 Å².